The number of hydrogen-bond donors (Lipinski definition) is 1. The lowest BCUT2D eigenvalue weighted by Gasteiger charge is -1.93. The van der Waals surface area contributed by atoms with Gasteiger partial charge in [-0.15, -0.1) is 0 Å². The van der Waals surface area contributed by atoms with Crippen molar-refractivity contribution in [3.05, 3.63) is 34.6 Å². The first-order valence-electron chi connectivity index (χ1n) is 3.29. The molecule has 0 saturated carbocycles. The first kappa shape index (κ1) is 9.44. The number of hydrogen-bond acceptors (Lipinski definition) is 1. The molecule has 1 aromatic carbocycles. The average Bonchev–Trinajstić information content (AvgIpc) is 2.07. The van der Waals surface area contributed by atoms with E-state index < -0.39 is 0 Å². The monoisotopic (exact) mass is 200 g/mol. The molecular formula is C9H6ClFS. The normalized spacial score (nSPS) is 8.92. The SMILES string of the molecule is Fc1ccc(Cl)cc1C#CCS. The van der Waals surface area contributed by atoms with Crippen LogP contribution in [0.1, 0.15) is 5.56 Å². The van der Waals surface area contributed by atoms with E-state index in [1.807, 2.05) is 0 Å². The molecule has 0 bridgehead atoms. The van der Waals surface area contributed by atoms with E-state index in [0.29, 0.717) is 16.3 Å². The molecule has 0 heterocycles. The number of halogens is 2. The third-order valence-electron chi connectivity index (χ3n) is 1.23. The summed E-state index contributed by atoms with van der Waals surface area (Å²) in [5.41, 5.74) is 0.316. The predicted octanol–water partition coefficient (Wildman–Crippen LogP) is 2.76. The maximum atomic E-state index is 12.9. The van der Waals surface area contributed by atoms with E-state index >= 15 is 0 Å². The van der Waals surface area contributed by atoms with Gasteiger partial charge in [0, 0.05) is 5.02 Å². The Morgan fingerprint density at radius 2 is 2.25 bits per heavy atom. The summed E-state index contributed by atoms with van der Waals surface area (Å²) >= 11 is 9.52. The minimum absolute atomic E-state index is 0.316. The van der Waals surface area contributed by atoms with Gasteiger partial charge in [-0.1, -0.05) is 23.4 Å². The van der Waals surface area contributed by atoms with Crippen molar-refractivity contribution in [2.24, 2.45) is 0 Å². The Balaban J connectivity index is 3.05. The zero-order valence-corrected chi connectivity index (χ0v) is 7.79. The predicted molar refractivity (Wildman–Crippen MR) is 52.1 cm³/mol. The molecule has 0 radical (unpaired) electrons. The highest BCUT2D eigenvalue weighted by atomic mass is 35.5. The zero-order chi connectivity index (χ0) is 8.97. The first-order chi connectivity index (χ1) is 5.74. The van der Waals surface area contributed by atoms with Gasteiger partial charge >= 0.3 is 0 Å². The molecule has 0 nitrogen and oxygen atoms in total. The number of rotatable bonds is 0. The second-order valence-corrected chi connectivity index (χ2v) is 2.84. The van der Waals surface area contributed by atoms with Crippen LogP contribution in [0.15, 0.2) is 18.2 Å². The Kier molecular flexibility index (Phi) is 3.46. The third-order valence-corrected chi connectivity index (χ3v) is 1.62. The highest BCUT2D eigenvalue weighted by Crippen LogP contribution is 2.13. The minimum atomic E-state index is -0.353. The Hall–Kier alpha value is -0.650. The quantitative estimate of drug-likeness (QED) is 0.483. The molecule has 1 aromatic rings. The molecule has 0 spiro atoms. The molecule has 0 fully saturated rings. The smallest absolute Gasteiger partial charge is 0.138 e. The maximum Gasteiger partial charge on any atom is 0.138 e. The molecule has 0 aliphatic carbocycles. The van der Waals surface area contributed by atoms with Crippen molar-refractivity contribution in [3.8, 4) is 11.8 Å². The van der Waals surface area contributed by atoms with Crippen molar-refractivity contribution in [1.82, 2.24) is 0 Å². The van der Waals surface area contributed by atoms with Crippen LogP contribution in [0.25, 0.3) is 0 Å². The lowest BCUT2D eigenvalue weighted by Crippen LogP contribution is -1.82. The fourth-order valence-corrected chi connectivity index (χ4v) is 0.979. The van der Waals surface area contributed by atoms with Gasteiger partial charge in [-0.25, -0.2) is 4.39 Å². The van der Waals surface area contributed by atoms with Gasteiger partial charge in [-0.3, -0.25) is 0 Å². The van der Waals surface area contributed by atoms with Crippen molar-refractivity contribution in [3.63, 3.8) is 0 Å². The summed E-state index contributed by atoms with van der Waals surface area (Å²) in [5.74, 6) is 5.32. The summed E-state index contributed by atoms with van der Waals surface area (Å²) in [6.45, 7) is 0. The number of thiol groups is 1. The van der Waals surface area contributed by atoms with Crippen LogP contribution in [0.4, 0.5) is 4.39 Å². The van der Waals surface area contributed by atoms with E-state index in [1.54, 1.807) is 0 Å². The van der Waals surface area contributed by atoms with Gasteiger partial charge in [-0.2, -0.15) is 12.6 Å². The first-order valence-corrected chi connectivity index (χ1v) is 4.30. The van der Waals surface area contributed by atoms with Gasteiger partial charge in [0.25, 0.3) is 0 Å². The largest absolute Gasteiger partial charge is 0.206 e. The van der Waals surface area contributed by atoms with Gasteiger partial charge in [0.15, 0.2) is 0 Å². The van der Waals surface area contributed by atoms with Crippen LogP contribution in [0, 0.1) is 17.7 Å². The van der Waals surface area contributed by atoms with Crippen molar-refractivity contribution >= 4 is 24.2 Å². The molecular weight excluding hydrogens is 195 g/mol. The third kappa shape index (κ3) is 2.44. The van der Waals surface area contributed by atoms with E-state index in [9.17, 15) is 4.39 Å². The van der Waals surface area contributed by atoms with E-state index in [-0.39, 0.29) is 5.82 Å². The molecule has 1 rings (SSSR count). The van der Waals surface area contributed by atoms with Crippen molar-refractivity contribution < 1.29 is 4.39 Å². The molecule has 0 unspecified atom stereocenters. The topological polar surface area (TPSA) is 0 Å². The molecule has 0 aliphatic rings. The second kappa shape index (κ2) is 4.39. The van der Waals surface area contributed by atoms with Gasteiger partial charge < -0.3 is 0 Å². The fraction of sp³-hybridized carbons (Fsp3) is 0.111. The Labute approximate surface area is 81.1 Å². The van der Waals surface area contributed by atoms with E-state index in [2.05, 4.69) is 24.5 Å². The molecule has 0 amide bonds. The molecule has 0 atom stereocenters. The average molecular weight is 201 g/mol. The standard InChI is InChI=1S/C9H6ClFS/c10-8-3-4-9(11)7(6-8)2-1-5-12/h3-4,6,12H,5H2. The summed E-state index contributed by atoms with van der Waals surface area (Å²) < 4.78 is 12.9. The van der Waals surface area contributed by atoms with Crippen LogP contribution in [-0.2, 0) is 0 Å². The molecule has 0 saturated heterocycles. The summed E-state index contributed by atoms with van der Waals surface area (Å²) in [6.07, 6.45) is 0. The highest BCUT2D eigenvalue weighted by molar-refractivity contribution is 7.80. The minimum Gasteiger partial charge on any atom is -0.206 e. The highest BCUT2D eigenvalue weighted by Gasteiger charge is 1.98. The van der Waals surface area contributed by atoms with E-state index in [4.69, 9.17) is 11.6 Å². The van der Waals surface area contributed by atoms with Crippen molar-refractivity contribution in [2.75, 3.05) is 5.75 Å². The van der Waals surface area contributed by atoms with E-state index in [0.717, 1.165) is 0 Å². The molecule has 0 aliphatic heterocycles. The van der Waals surface area contributed by atoms with Gasteiger partial charge in [0.2, 0.25) is 0 Å². The van der Waals surface area contributed by atoms with Crippen LogP contribution in [0.3, 0.4) is 0 Å². The molecule has 0 aromatic heterocycles. The zero-order valence-electron chi connectivity index (χ0n) is 6.14. The van der Waals surface area contributed by atoms with Crippen molar-refractivity contribution in [2.45, 2.75) is 0 Å². The van der Waals surface area contributed by atoms with Gasteiger partial charge in [-0.05, 0) is 18.2 Å². The lowest BCUT2D eigenvalue weighted by atomic mass is 10.2. The fourth-order valence-electron chi connectivity index (χ4n) is 0.728. The van der Waals surface area contributed by atoms with Crippen molar-refractivity contribution in [1.29, 1.82) is 0 Å². The van der Waals surface area contributed by atoms with Crippen LogP contribution in [0.5, 0.6) is 0 Å². The molecule has 0 N–H and O–H groups in total. The summed E-state index contributed by atoms with van der Waals surface area (Å²) in [4.78, 5) is 0. The van der Waals surface area contributed by atoms with Gasteiger partial charge in [0.1, 0.15) is 5.82 Å². The summed E-state index contributed by atoms with van der Waals surface area (Å²) in [7, 11) is 0. The Morgan fingerprint density at radius 1 is 1.50 bits per heavy atom. The molecule has 62 valence electrons. The van der Waals surface area contributed by atoms with Crippen LogP contribution < -0.4 is 0 Å². The van der Waals surface area contributed by atoms with Gasteiger partial charge in [0.05, 0.1) is 11.3 Å². The number of benzene rings is 1. The van der Waals surface area contributed by atoms with E-state index in [1.165, 1.54) is 18.2 Å². The summed E-state index contributed by atoms with van der Waals surface area (Å²) in [5, 5.41) is 0.486. The van der Waals surface area contributed by atoms with Crippen LogP contribution in [0.2, 0.25) is 5.02 Å². The summed E-state index contributed by atoms with van der Waals surface area (Å²) in [6, 6.07) is 4.28. The second-order valence-electron chi connectivity index (χ2n) is 2.08. The Bertz CT molecular complexity index is 338. The molecule has 3 heteroatoms. The van der Waals surface area contributed by atoms with Crippen LogP contribution >= 0.6 is 24.2 Å². The lowest BCUT2D eigenvalue weighted by molar-refractivity contribution is 0.624. The molecule has 12 heavy (non-hydrogen) atoms. The maximum absolute atomic E-state index is 12.9. The van der Waals surface area contributed by atoms with Crippen LogP contribution in [-0.4, -0.2) is 5.75 Å². The Morgan fingerprint density at radius 3 is 2.92 bits per heavy atom.